The van der Waals surface area contributed by atoms with Gasteiger partial charge in [0.05, 0.1) is 5.41 Å². The summed E-state index contributed by atoms with van der Waals surface area (Å²) in [6.07, 6.45) is 7.00. The first kappa shape index (κ1) is 22.9. The molecule has 0 radical (unpaired) electrons. The van der Waals surface area contributed by atoms with Crippen LogP contribution in [0.1, 0.15) is 55.2 Å². The predicted molar refractivity (Wildman–Crippen MR) is 143 cm³/mol. The van der Waals surface area contributed by atoms with Crippen molar-refractivity contribution in [1.29, 1.82) is 0 Å². The van der Waals surface area contributed by atoms with E-state index in [0.717, 1.165) is 29.1 Å². The highest BCUT2D eigenvalue weighted by Gasteiger charge is 2.57. The SMILES string of the molecule is Cc1cc(C)c(S(OC(=O)C23CC4CC(CC(C4)C2)C3)(c2ccccc2)c2ccccc2)c(C)c1. The van der Waals surface area contributed by atoms with Crippen molar-refractivity contribution >= 4 is 16.3 Å². The van der Waals surface area contributed by atoms with E-state index in [9.17, 15) is 4.79 Å². The van der Waals surface area contributed by atoms with E-state index in [1.54, 1.807) is 0 Å². The molecular weight excluding hydrogens is 448 g/mol. The number of aryl methyl sites for hydroxylation is 3. The molecule has 0 aliphatic heterocycles. The lowest BCUT2D eigenvalue weighted by atomic mass is 9.49. The van der Waals surface area contributed by atoms with Crippen molar-refractivity contribution in [1.82, 2.24) is 0 Å². The summed E-state index contributed by atoms with van der Waals surface area (Å²) in [5, 5.41) is 0. The zero-order valence-electron chi connectivity index (χ0n) is 21.1. The first-order valence-electron chi connectivity index (χ1n) is 13.1. The van der Waals surface area contributed by atoms with Crippen LogP contribution in [0.4, 0.5) is 0 Å². The summed E-state index contributed by atoms with van der Waals surface area (Å²) in [5.74, 6) is 2.16. The Kier molecular flexibility index (Phi) is 5.60. The fourth-order valence-electron chi connectivity index (χ4n) is 7.92. The van der Waals surface area contributed by atoms with Crippen molar-refractivity contribution in [3.63, 3.8) is 0 Å². The van der Waals surface area contributed by atoms with E-state index >= 15 is 0 Å². The van der Waals surface area contributed by atoms with Gasteiger partial charge in [-0.3, -0.25) is 4.79 Å². The largest absolute Gasteiger partial charge is 0.401 e. The summed E-state index contributed by atoms with van der Waals surface area (Å²) in [4.78, 5) is 17.9. The average Bonchev–Trinajstić information content (AvgIpc) is 2.83. The molecular formula is C32H36O2S. The number of hydrogen-bond donors (Lipinski definition) is 0. The molecule has 4 bridgehead atoms. The Morgan fingerprint density at radius 3 is 1.60 bits per heavy atom. The van der Waals surface area contributed by atoms with E-state index in [0.29, 0.717) is 17.8 Å². The van der Waals surface area contributed by atoms with Gasteiger partial charge >= 0.3 is 5.97 Å². The molecule has 0 heterocycles. The molecule has 3 aromatic rings. The maximum atomic E-state index is 14.5. The van der Waals surface area contributed by atoms with Gasteiger partial charge in [-0.1, -0.05) is 54.1 Å². The summed E-state index contributed by atoms with van der Waals surface area (Å²) in [6, 6.07) is 25.6. The summed E-state index contributed by atoms with van der Waals surface area (Å²) in [5.41, 5.74) is 3.33. The highest BCUT2D eigenvalue weighted by Crippen LogP contribution is 2.72. The molecule has 4 aliphatic rings. The minimum Gasteiger partial charge on any atom is -0.401 e. The van der Waals surface area contributed by atoms with E-state index in [1.807, 2.05) is 0 Å². The quantitative estimate of drug-likeness (QED) is 0.362. The van der Waals surface area contributed by atoms with Crippen LogP contribution in [0.15, 0.2) is 87.5 Å². The third kappa shape index (κ3) is 3.74. The molecule has 0 spiro atoms. The van der Waals surface area contributed by atoms with Gasteiger partial charge in [-0.05, 0) is 123 Å². The summed E-state index contributed by atoms with van der Waals surface area (Å²) < 4.78 is 7.13. The lowest BCUT2D eigenvalue weighted by Crippen LogP contribution is -2.50. The number of rotatable bonds is 5. The summed E-state index contributed by atoms with van der Waals surface area (Å²) >= 11 is 0. The molecule has 0 atom stereocenters. The number of carbonyl (C=O) groups is 1. The van der Waals surface area contributed by atoms with Gasteiger partial charge < -0.3 is 4.18 Å². The van der Waals surface area contributed by atoms with Crippen LogP contribution in [0.2, 0.25) is 0 Å². The van der Waals surface area contributed by atoms with Gasteiger partial charge in [0.2, 0.25) is 0 Å². The predicted octanol–water partition coefficient (Wildman–Crippen LogP) is 8.57. The fourth-order valence-corrected chi connectivity index (χ4v) is 11.4. The molecule has 0 unspecified atom stereocenters. The second kappa shape index (κ2) is 8.55. The van der Waals surface area contributed by atoms with E-state index in [4.69, 9.17) is 4.18 Å². The normalized spacial score (nSPS) is 27.6. The minimum atomic E-state index is -2.25. The second-order valence-electron chi connectivity index (χ2n) is 11.5. The fraction of sp³-hybridized carbons (Fsp3) is 0.406. The average molecular weight is 485 g/mol. The maximum absolute atomic E-state index is 14.5. The Morgan fingerprint density at radius 2 is 1.17 bits per heavy atom. The van der Waals surface area contributed by atoms with Gasteiger partial charge in [0.15, 0.2) is 0 Å². The third-order valence-corrected chi connectivity index (χ3v) is 12.2. The summed E-state index contributed by atoms with van der Waals surface area (Å²) in [6.45, 7) is 6.51. The van der Waals surface area contributed by atoms with Crippen LogP contribution >= 0.6 is 10.3 Å². The van der Waals surface area contributed by atoms with Gasteiger partial charge in [-0.25, -0.2) is 0 Å². The zero-order valence-corrected chi connectivity index (χ0v) is 21.9. The van der Waals surface area contributed by atoms with Gasteiger partial charge in [-0.15, -0.1) is 0 Å². The van der Waals surface area contributed by atoms with Crippen molar-refractivity contribution in [3.05, 3.63) is 89.5 Å². The topological polar surface area (TPSA) is 26.3 Å². The van der Waals surface area contributed by atoms with Gasteiger partial charge in [0.1, 0.15) is 0 Å². The Hall–Kier alpha value is -2.52. The third-order valence-electron chi connectivity index (χ3n) is 8.71. The second-order valence-corrected chi connectivity index (χ2v) is 14.1. The Bertz CT molecular complexity index is 1150. The number of carbonyl (C=O) groups excluding carboxylic acids is 1. The lowest BCUT2D eigenvalue weighted by Gasteiger charge is -2.56. The maximum Gasteiger partial charge on any atom is 0.323 e. The highest BCUT2D eigenvalue weighted by molar-refractivity contribution is 8.30. The molecule has 7 rings (SSSR count). The van der Waals surface area contributed by atoms with Crippen molar-refractivity contribution in [3.8, 4) is 0 Å². The van der Waals surface area contributed by atoms with E-state index in [2.05, 4.69) is 93.6 Å². The first-order chi connectivity index (χ1) is 16.9. The molecule has 3 aromatic carbocycles. The molecule has 0 saturated heterocycles. The van der Waals surface area contributed by atoms with Crippen LogP contribution in [-0.4, -0.2) is 5.97 Å². The molecule has 4 fully saturated rings. The van der Waals surface area contributed by atoms with E-state index in [1.165, 1.54) is 40.8 Å². The molecule has 3 heteroatoms. The molecule has 2 nitrogen and oxygen atoms in total. The molecule has 35 heavy (non-hydrogen) atoms. The van der Waals surface area contributed by atoms with Crippen molar-refractivity contribution in [2.75, 3.05) is 0 Å². The minimum absolute atomic E-state index is 0.0543. The van der Waals surface area contributed by atoms with Crippen LogP contribution in [0, 0.1) is 43.9 Å². The molecule has 0 N–H and O–H groups in total. The highest BCUT2D eigenvalue weighted by atomic mass is 32.3. The number of hydrogen-bond acceptors (Lipinski definition) is 2. The Morgan fingerprint density at radius 1 is 0.743 bits per heavy atom. The van der Waals surface area contributed by atoms with E-state index in [-0.39, 0.29) is 11.4 Å². The van der Waals surface area contributed by atoms with Crippen LogP contribution in [0.5, 0.6) is 0 Å². The van der Waals surface area contributed by atoms with Crippen molar-refractivity contribution in [2.24, 2.45) is 23.2 Å². The smallest absolute Gasteiger partial charge is 0.323 e. The van der Waals surface area contributed by atoms with Gasteiger partial charge in [0, 0.05) is 14.7 Å². The van der Waals surface area contributed by atoms with Gasteiger partial charge in [-0.2, -0.15) is 0 Å². The number of benzene rings is 3. The van der Waals surface area contributed by atoms with Crippen LogP contribution in [-0.2, 0) is 8.98 Å². The summed E-state index contributed by atoms with van der Waals surface area (Å²) in [7, 11) is -2.25. The Labute approximate surface area is 211 Å². The molecule has 0 amide bonds. The van der Waals surface area contributed by atoms with E-state index < -0.39 is 10.3 Å². The molecule has 4 saturated carbocycles. The monoisotopic (exact) mass is 484 g/mol. The van der Waals surface area contributed by atoms with Crippen LogP contribution < -0.4 is 0 Å². The molecule has 182 valence electrons. The van der Waals surface area contributed by atoms with Gasteiger partial charge in [0.25, 0.3) is 0 Å². The standard InChI is InChI=1S/C32H36O2S/c1-22-14-23(2)30(24(3)15-22)35(28-10-6-4-7-11-28,29-12-8-5-9-13-29)34-31(33)32-19-25-16-26(20-32)18-27(17-25)21-32/h4-15,25-27H,16-21H2,1-3H3. The van der Waals surface area contributed by atoms with Crippen LogP contribution in [0.3, 0.4) is 0 Å². The molecule has 0 aromatic heterocycles. The zero-order chi connectivity index (χ0) is 24.2. The Balaban J connectivity index is 1.56. The van der Waals surface area contributed by atoms with Crippen molar-refractivity contribution in [2.45, 2.75) is 74.0 Å². The lowest BCUT2D eigenvalue weighted by molar-refractivity contribution is -0.160. The first-order valence-corrected chi connectivity index (χ1v) is 14.7. The van der Waals surface area contributed by atoms with Crippen molar-refractivity contribution < 1.29 is 8.98 Å². The van der Waals surface area contributed by atoms with Crippen LogP contribution in [0.25, 0.3) is 0 Å². The molecule has 4 aliphatic carbocycles.